The van der Waals surface area contributed by atoms with Gasteiger partial charge < -0.3 is 4.90 Å². The summed E-state index contributed by atoms with van der Waals surface area (Å²) in [6, 6.07) is 8.98. The molecule has 2 aliphatic rings. The van der Waals surface area contributed by atoms with Crippen molar-refractivity contribution >= 4 is 34.8 Å². The second kappa shape index (κ2) is 4.13. The minimum absolute atomic E-state index is 0.0886. The van der Waals surface area contributed by atoms with Gasteiger partial charge in [-0.05, 0) is 48.9 Å². The van der Waals surface area contributed by atoms with E-state index in [2.05, 4.69) is 6.07 Å². The van der Waals surface area contributed by atoms with Crippen molar-refractivity contribution in [1.29, 1.82) is 5.26 Å². The number of alkyl halides is 2. The van der Waals surface area contributed by atoms with Gasteiger partial charge >= 0.3 is 0 Å². The third kappa shape index (κ3) is 2.20. The molecule has 1 aromatic rings. The van der Waals surface area contributed by atoms with Crippen LogP contribution in [0.1, 0.15) is 24.8 Å². The number of hydrogen-bond acceptors (Lipinski definition) is 2. The van der Waals surface area contributed by atoms with Crippen molar-refractivity contribution < 1.29 is 4.79 Å². The molecule has 3 nitrogen and oxygen atoms in total. The molecule has 0 atom stereocenters. The Morgan fingerprint density at radius 3 is 2.37 bits per heavy atom. The Morgan fingerprint density at radius 1 is 1.21 bits per heavy atom. The summed E-state index contributed by atoms with van der Waals surface area (Å²) in [6.07, 6.45) is 2.66. The van der Waals surface area contributed by atoms with Gasteiger partial charge in [-0.15, -0.1) is 0 Å². The van der Waals surface area contributed by atoms with Gasteiger partial charge in [0.15, 0.2) is 4.33 Å². The Labute approximate surface area is 121 Å². The Hall–Kier alpha value is -1.24. The smallest absolute Gasteiger partial charge is 0.263 e. The number of halogens is 2. The van der Waals surface area contributed by atoms with Crippen LogP contribution in [0.25, 0.3) is 0 Å². The second-order valence-electron chi connectivity index (χ2n) is 5.43. The van der Waals surface area contributed by atoms with Crippen LogP contribution >= 0.6 is 23.2 Å². The van der Waals surface area contributed by atoms with Crippen LogP contribution < -0.4 is 4.90 Å². The van der Waals surface area contributed by atoms with E-state index in [4.69, 9.17) is 28.5 Å². The van der Waals surface area contributed by atoms with E-state index in [0.717, 1.165) is 18.5 Å². The molecule has 3 rings (SSSR count). The molecule has 0 radical (unpaired) electrons. The molecule has 0 unspecified atom stereocenters. The molecular weight excluding hydrogens is 283 g/mol. The maximum Gasteiger partial charge on any atom is 0.263 e. The molecule has 0 aromatic heterocycles. The summed E-state index contributed by atoms with van der Waals surface area (Å²) in [4.78, 5) is 14.0. The van der Waals surface area contributed by atoms with Gasteiger partial charge in [0.25, 0.3) is 5.91 Å². The number of anilines is 1. The average Bonchev–Trinajstić information content (AvgIpc) is 3.13. The summed E-state index contributed by atoms with van der Waals surface area (Å²) in [7, 11) is 0. The van der Waals surface area contributed by atoms with Crippen molar-refractivity contribution in [2.24, 2.45) is 5.41 Å². The number of hydrogen-bond donors (Lipinski definition) is 0. The highest BCUT2D eigenvalue weighted by atomic mass is 35.5. The van der Waals surface area contributed by atoms with Crippen molar-refractivity contribution in [1.82, 2.24) is 0 Å². The number of carbonyl (C=O) groups excluding carboxylic acids is 1. The molecule has 5 heteroatoms. The molecule has 1 aromatic carbocycles. The highest BCUT2D eigenvalue weighted by Crippen LogP contribution is 2.57. The van der Waals surface area contributed by atoms with Crippen molar-refractivity contribution in [3.63, 3.8) is 0 Å². The lowest BCUT2D eigenvalue weighted by Crippen LogP contribution is -2.52. The molecule has 1 heterocycles. The van der Waals surface area contributed by atoms with E-state index in [-0.39, 0.29) is 11.3 Å². The fourth-order valence-corrected chi connectivity index (χ4v) is 3.41. The van der Waals surface area contributed by atoms with E-state index in [1.165, 1.54) is 0 Å². The number of amides is 1. The summed E-state index contributed by atoms with van der Waals surface area (Å²) in [5.41, 5.74) is 1.41. The van der Waals surface area contributed by atoms with Gasteiger partial charge in [-0.2, -0.15) is 5.26 Å². The summed E-state index contributed by atoms with van der Waals surface area (Å²) >= 11 is 12.3. The lowest BCUT2D eigenvalue weighted by atomic mass is 9.93. The van der Waals surface area contributed by atoms with Gasteiger partial charge in [-0.1, -0.05) is 23.2 Å². The quantitative estimate of drug-likeness (QED) is 0.746. The van der Waals surface area contributed by atoms with Gasteiger partial charge in [-0.3, -0.25) is 4.79 Å². The first-order valence-corrected chi connectivity index (χ1v) is 6.91. The maximum absolute atomic E-state index is 12.3. The Balaban J connectivity index is 1.93. The molecule has 19 heavy (non-hydrogen) atoms. The van der Waals surface area contributed by atoms with Crippen LogP contribution in [0.15, 0.2) is 24.3 Å². The highest BCUT2D eigenvalue weighted by molar-refractivity contribution is 6.59. The molecule has 2 fully saturated rings. The second-order valence-corrected chi connectivity index (χ2v) is 6.92. The van der Waals surface area contributed by atoms with Crippen molar-refractivity contribution in [3.05, 3.63) is 29.8 Å². The summed E-state index contributed by atoms with van der Waals surface area (Å²) in [5.74, 6) is -0.266. The molecule has 1 saturated heterocycles. The molecule has 1 aliphatic carbocycles. The zero-order valence-corrected chi connectivity index (χ0v) is 11.7. The summed E-state index contributed by atoms with van der Waals surface area (Å²) in [6.45, 7) is 0.666. The molecule has 1 spiro atoms. The number of benzene rings is 1. The number of nitriles is 1. The molecule has 1 saturated carbocycles. The summed E-state index contributed by atoms with van der Waals surface area (Å²) < 4.78 is -1.33. The van der Waals surface area contributed by atoms with Crippen LogP contribution in [0.5, 0.6) is 0 Å². The van der Waals surface area contributed by atoms with E-state index < -0.39 is 4.33 Å². The van der Waals surface area contributed by atoms with E-state index >= 15 is 0 Å². The third-order valence-electron chi connectivity index (χ3n) is 3.91. The minimum atomic E-state index is -1.33. The molecule has 1 amide bonds. The van der Waals surface area contributed by atoms with E-state index in [1.54, 1.807) is 29.2 Å². The largest absolute Gasteiger partial charge is 0.309 e. The molecule has 0 bridgehead atoms. The first-order chi connectivity index (χ1) is 8.96. The minimum Gasteiger partial charge on any atom is -0.309 e. The predicted octanol–water partition coefficient (Wildman–Crippen LogP) is 3.25. The Morgan fingerprint density at radius 2 is 1.84 bits per heavy atom. The lowest BCUT2D eigenvalue weighted by Gasteiger charge is -2.39. The summed E-state index contributed by atoms with van der Waals surface area (Å²) in [5, 5.41) is 8.79. The third-order valence-corrected chi connectivity index (χ3v) is 4.50. The standard InChI is InChI=1S/C14H12Cl2N2O/c15-14(16)8-13(5-6-13)9-18(12(14)19)11-3-1-10(7-17)2-4-11/h1-4H,5-6,8-9H2. The zero-order chi connectivity index (χ0) is 13.7. The van der Waals surface area contributed by atoms with Crippen LogP contribution in [-0.2, 0) is 4.79 Å². The van der Waals surface area contributed by atoms with Crippen LogP contribution in [-0.4, -0.2) is 16.8 Å². The number of rotatable bonds is 1. The first-order valence-electron chi connectivity index (χ1n) is 6.16. The van der Waals surface area contributed by atoms with Gasteiger partial charge in [0.2, 0.25) is 0 Å². The van der Waals surface area contributed by atoms with Crippen LogP contribution in [0.3, 0.4) is 0 Å². The molecule has 1 aliphatic heterocycles. The molecule has 98 valence electrons. The SMILES string of the molecule is N#Cc1ccc(N2CC3(CC3)CC(Cl)(Cl)C2=O)cc1. The van der Waals surface area contributed by atoms with Gasteiger partial charge in [0.05, 0.1) is 11.6 Å². The lowest BCUT2D eigenvalue weighted by molar-refractivity contribution is -0.121. The monoisotopic (exact) mass is 294 g/mol. The fourth-order valence-electron chi connectivity index (χ4n) is 2.64. The van der Waals surface area contributed by atoms with Crippen LogP contribution in [0.2, 0.25) is 0 Å². The fraction of sp³-hybridized carbons (Fsp3) is 0.429. The maximum atomic E-state index is 12.3. The predicted molar refractivity (Wildman–Crippen MR) is 74.2 cm³/mol. The Bertz CT molecular complexity index is 570. The normalized spacial score (nSPS) is 23.2. The number of nitrogens with zero attached hydrogens (tertiary/aromatic N) is 2. The van der Waals surface area contributed by atoms with Crippen LogP contribution in [0.4, 0.5) is 5.69 Å². The molecule has 0 N–H and O–H groups in total. The molecular formula is C14H12Cl2N2O. The van der Waals surface area contributed by atoms with E-state index in [1.807, 2.05) is 0 Å². The Kier molecular flexibility index (Phi) is 2.78. The van der Waals surface area contributed by atoms with Gasteiger partial charge in [0.1, 0.15) is 0 Å². The van der Waals surface area contributed by atoms with Gasteiger partial charge in [-0.25, -0.2) is 0 Å². The average molecular weight is 295 g/mol. The van der Waals surface area contributed by atoms with Crippen molar-refractivity contribution in [2.75, 3.05) is 11.4 Å². The van der Waals surface area contributed by atoms with Gasteiger partial charge in [0, 0.05) is 12.2 Å². The topological polar surface area (TPSA) is 44.1 Å². The van der Waals surface area contributed by atoms with Crippen molar-refractivity contribution in [3.8, 4) is 6.07 Å². The van der Waals surface area contributed by atoms with Crippen LogP contribution in [0, 0.1) is 16.7 Å². The van der Waals surface area contributed by atoms with E-state index in [0.29, 0.717) is 18.5 Å². The first kappa shape index (κ1) is 12.8. The highest BCUT2D eigenvalue weighted by Gasteiger charge is 2.57. The zero-order valence-electron chi connectivity index (χ0n) is 10.2. The van der Waals surface area contributed by atoms with E-state index in [9.17, 15) is 4.79 Å². The number of carbonyl (C=O) groups is 1. The van der Waals surface area contributed by atoms with Crippen molar-refractivity contribution in [2.45, 2.75) is 23.6 Å². The number of piperidine rings is 1.